The number of hydrogen-bond donors (Lipinski definition) is 1. The molecular weight excluding hydrogens is 366 g/mol. The Morgan fingerprint density at radius 1 is 0.929 bits per heavy atom. The lowest BCUT2D eigenvalue weighted by atomic mass is 10.2. The van der Waals surface area contributed by atoms with Gasteiger partial charge in [-0.05, 0) is 31.2 Å². The highest BCUT2D eigenvalue weighted by atomic mass is 16.5. The van der Waals surface area contributed by atoms with Crippen LogP contribution >= 0.6 is 0 Å². The van der Waals surface area contributed by atoms with E-state index >= 15 is 0 Å². The second-order valence-electron chi connectivity index (χ2n) is 5.47. The number of benzene rings is 2. The molecule has 0 aliphatic heterocycles. The fourth-order valence-electron chi connectivity index (χ4n) is 2.45. The molecule has 0 bridgehead atoms. The van der Waals surface area contributed by atoms with Crippen molar-refractivity contribution in [1.29, 1.82) is 0 Å². The van der Waals surface area contributed by atoms with E-state index in [1.54, 1.807) is 24.3 Å². The standard InChI is InChI=1S/C20H23NO7/c1-5-27-15-9-7-6-8-14(15)21-18(22)12-28-20(23)13-10-16(24-2)19(26-4)17(11-13)25-3/h6-11H,5,12H2,1-4H3,(H,21,22). The molecule has 0 atom stereocenters. The van der Waals surface area contributed by atoms with Gasteiger partial charge in [-0.25, -0.2) is 4.79 Å². The van der Waals surface area contributed by atoms with Crippen LogP contribution in [-0.2, 0) is 9.53 Å². The highest BCUT2D eigenvalue weighted by Crippen LogP contribution is 2.38. The fraction of sp³-hybridized carbons (Fsp3) is 0.300. The SMILES string of the molecule is CCOc1ccccc1NC(=O)COC(=O)c1cc(OC)c(OC)c(OC)c1. The van der Waals surface area contributed by atoms with Gasteiger partial charge in [0, 0.05) is 0 Å². The number of nitrogens with one attached hydrogen (secondary N) is 1. The summed E-state index contributed by atoms with van der Waals surface area (Å²) in [5, 5.41) is 2.65. The molecule has 0 fully saturated rings. The molecule has 2 rings (SSSR count). The van der Waals surface area contributed by atoms with Gasteiger partial charge in [0.25, 0.3) is 5.91 Å². The van der Waals surface area contributed by atoms with E-state index in [-0.39, 0.29) is 5.56 Å². The monoisotopic (exact) mass is 389 g/mol. The molecule has 1 N–H and O–H groups in total. The molecule has 2 aromatic carbocycles. The minimum absolute atomic E-state index is 0.164. The largest absolute Gasteiger partial charge is 0.493 e. The van der Waals surface area contributed by atoms with Crippen molar-refractivity contribution in [3.63, 3.8) is 0 Å². The van der Waals surface area contributed by atoms with Gasteiger partial charge in [-0.2, -0.15) is 0 Å². The van der Waals surface area contributed by atoms with Crippen LogP contribution in [0.4, 0.5) is 5.69 Å². The van der Waals surface area contributed by atoms with E-state index in [9.17, 15) is 9.59 Å². The summed E-state index contributed by atoms with van der Waals surface area (Å²) in [5.74, 6) is 0.314. The molecule has 0 aromatic heterocycles. The van der Waals surface area contributed by atoms with Crippen LogP contribution in [0.1, 0.15) is 17.3 Å². The summed E-state index contributed by atoms with van der Waals surface area (Å²) in [6, 6.07) is 9.90. The van der Waals surface area contributed by atoms with Crippen LogP contribution in [-0.4, -0.2) is 46.4 Å². The first-order valence-electron chi connectivity index (χ1n) is 8.52. The third kappa shape index (κ3) is 5.06. The fourth-order valence-corrected chi connectivity index (χ4v) is 2.45. The van der Waals surface area contributed by atoms with Gasteiger partial charge < -0.3 is 29.0 Å². The maximum atomic E-state index is 12.3. The Balaban J connectivity index is 2.05. The summed E-state index contributed by atoms with van der Waals surface area (Å²) < 4.78 is 26.2. The highest BCUT2D eigenvalue weighted by molar-refractivity contribution is 5.96. The third-order valence-electron chi connectivity index (χ3n) is 3.70. The average Bonchev–Trinajstić information content (AvgIpc) is 2.72. The number of esters is 1. The number of ether oxygens (including phenoxy) is 5. The highest BCUT2D eigenvalue weighted by Gasteiger charge is 2.19. The number of hydrogen-bond acceptors (Lipinski definition) is 7. The topological polar surface area (TPSA) is 92.3 Å². The third-order valence-corrected chi connectivity index (χ3v) is 3.70. The summed E-state index contributed by atoms with van der Waals surface area (Å²) in [6.07, 6.45) is 0. The van der Waals surface area contributed by atoms with Crippen molar-refractivity contribution in [2.45, 2.75) is 6.92 Å². The summed E-state index contributed by atoms with van der Waals surface area (Å²) in [4.78, 5) is 24.5. The molecule has 0 aliphatic rings. The van der Waals surface area contributed by atoms with E-state index in [1.165, 1.54) is 33.5 Å². The number of carbonyl (C=O) groups excluding carboxylic acids is 2. The van der Waals surface area contributed by atoms with Crippen LogP contribution in [0.2, 0.25) is 0 Å². The normalized spacial score (nSPS) is 10.0. The van der Waals surface area contributed by atoms with Crippen LogP contribution in [0.5, 0.6) is 23.0 Å². The van der Waals surface area contributed by atoms with Gasteiger partial charge in [-0.1, -0.05) is 12.1 Å². The summed E-state index contributed by atoms with van der Waals surface area (Å²) in [6.45, 7) is 1.84. The number of carbonyl (C=O) groups is 2. The Labute approximate surface area is 163 Å². The maximum absolute atomic E-state index is 12.3. The summed E-state index contributed by atoms with van der Waals surface area (Å²) in [5.41, 5.74) is 0.662. The number of rotatable bonds is 9. The maximum Gasteiger partial charge on any atom is 0.338 e. The average molecular weight is 389 g/mol. The zero-order chi connectivity index (χ0) is 20.5. The number of amides is 1. The van der Waals surface area contributed by atoms with Gasteiger partial charge in [0.05, 0.1) is 39.2 Å². The van der Waals surface area contributed by atoms with Gasteiger partial charge in [-0.3, -0.25) is 4.79 Å². The van der Waals surface area contributed by atoms with E-state index in [1.807, 2.05) is 6.92 Å². The van der Waals surface area contributed by atoms with E-state index < -0.39 is 18.5 Å². The lowest BCUT2D eigenvalue weighted by Gasteiger charge is -2.14. The van der Waals surface area contributed by atoms with Gasteiger partial charge in [0.2, 0.25) is 5.75 Å². The van der Waals surface area contributed by atoms with Crippen molar-refractivity contribution >= 4 is 17.6 Å². The number of anilines is 1. The molecule has 8 nitrogen and oxygen atoms in total. The van der Waals surface area contributed by atoms with Crippen molar-refractivity contribution in [3.8, 4) is 23.0 Å². The number of methoxy groups -OCH3 is 3. The molecule has 0 spiro atoms. The van der Waals surface area contributed by atoms with Gasteiger partial charge >= 0.3 is 5.97 Å². The first kappa shape index (κ1) is 20.9. The van der Waals surface area contributed by atoms with Crippen molar-refractivity contribution in [2.75, 3.05) is 39.9 Å². The zero-order valence-corrected chi connectivity index (χ0v) is 16.2. The summed E-state index contributed by atoms with van der Waals surface area (Å²) in [7, 11) is 4.34. The second-order valence-corrected chi connectivity index (χ2v) is 5.47. The Bertz CT molecular complexity index is 810. The van der Waals surface area contributed by atoms with Crippen LogP contribution in [0, 0.1) is 0 Å². The Kier molecular flexibility index (Phi) is 7.50. The van der Waals surface area contributed by atoms with E-state index in [0.29, 0.717) is 35.3 Å². The van der Waals surface area contributed by atoms with Crippen LogP contribution in [0.25, 0.3) is 0 Å². The molecule has 0 saturated carbocycles. The molecule has 1 amide bonds. The molecule has 8 heteroatoms. The van der Waals surface area contributed by atoms with Crippen molar-refractivity contribution in [2.24, 2.45) is 0 Å². The van der Waals surface area contributed by atoms with Gasteiger partial charge in [-0.15, -0.1) is 0 Å². The molecule has 0 heterocycles. The Hall–Kier alpha value is -3.42. The van der Waals surface area contributed by atoms with Crippen molar-refractivity contribution in [3.05, 3.63) is 42.0 Å². The van der Waals surface area contributed by atoms with Crippen molar-refractivity contribution < 1.29 is 33.3 Å². The minimum Gasteiger partial charge on any atom is -0.493 e. The molecule has 0 radical (unpaired) electrons. The molecule has 0 unspecified atom stereocenters. The van der Waals surface area contributed by atoms with Crippen molar-refractivity contribution in [1.82, 2.24) is 0 Å². The quantitative estimate of drug-likeness (QED) is 0.659. The lowest BCUT2D eigenvalue weighted by molar-refractivity contribution is -0.119. The van der Waals surface area contributed by atoms with Gasteiger partial charge in [0.1, 0.15) is 5.75 Å². The minimum atomic E-state index is -0.701. The van der Waals surface area contributed by atoms with Crippen LogP contribution < -0.4 is 24.3 Å². The smallest absolute Gasteiger partial charge is 0.338 e. The lowest BCUT2D eigenvalue weighted by Crippen LogP contribution is -2.21. The Morgan fingerprint density at radius 3 is 2.14 bits per heavy atom. The Morgan fingerprint density at radius 2 is 1.57 bits per heavy atom. The van der Waals surface area contributed by atoms with E-state index in [2.05, 4.69) is 5.32 Å². The van der Waals surface area contributed by atoms with Crippen LogP contribution in [0.3, 0.4) is 0 Å². The van der Waals surface area contributed by atoms with Crippen LogP contribution in [0.15, 0.2) is 36.4 Å². The van der Waals surface area contributed by atoms with E-state index in [0.717, 1.165) is 0 Å². The summed E-state index contributed by atoms with van der Waals surface area (Å²) >= 11 is 0. The number of para-hydroxylation sites is 2. The molecular formula is C20H23NO7. The molecule has 0 aliphatic carbocycles. The first-order valence-corrected chi connectivity index (χ1v) is 8.52. The van der Waals surface area contributed by atoms with E-state index in [4.69, 9.17) is 23.7 Å². The predicted molar refractivity (Wildman–Crippen MR) is 103 cm³/mol. The molecule has 28 heavy (non-hydrogen) atoms. The second kappa shape index (κ2) is 10.1. The molecule has 0 saturated heterocycles. The first-order chi connectivity index (χ1) is 13.5. The predicted octanol–water partition coefficient (Wildman–Crippen LogP) is 2.91. The van der Waals surface area contributed by atoms with Gasteiger partial charge in [0.15, 0.2) is 18.1 Å². The molecule has 150 valence electrons. The zero-order valence-electron chi connectivity index (χ0n) is 16.2. The molecule has 2 aromatic rings.